The molecule has 3 heteroatoms. The quantitative estimate of drug-likeness (QED) is 0.701. The first-order valence-electron chi connectivity index (χ1n) is 5.16. The monoisotopic (exact) mass is 200 g/mol. The second-order valence-electron chi connectivity index (χ2n) is 4.01. The molecule has 0 amide bonds. The average molecular weight is 200 g/mol. The van der Waals surface area contributed by atoms with E-state index in [1.165, 1.54) is 0 Å². The second kappa shape index (κ2) is 2.94. The van der Waals surface area contributed by atoms with Crippen molar-refractivity contribution in [1.82, 2.24) is 4.57 Å². The summed E-state index contributed by atoms with van der Waals surface area (Å²) in [5.41, 5.74) is 7.84. The van der Waals surface area contributed by atoms with Crippen LogP contribution in [-0.4, -0.2) is 16.5 Å². The van der Waals surface area contributed by atoms with Crippen LogP contribution in [0.2, 0.25) is 0 Å². The molecule has 1 aromatic carbocycles. The molecule has 76 valence electrons. The van der Waals surface area contributed by atoms with Crippen molar-refractivity contribution < 1.29 is 4.79 Å². The van der Waals surface area contributed by atoms with Gasteiger partial charge in [0.15, 0.2) is 0 Å². The molecule has 0 saturated carbocycles. The van der Waals surface area contributed by atoms with E-state index in [9.17, 15) is 4.79 Å². The fraction of sp³-hybridized carbons (Fsp3) is 0.250. The van der Waals surface area contributed by atoms with Gasteiger partial charge in [-0.2, -0.15) is 0 Å². The van der Waals surface area contributed by atoms with E-state index in [1.54, 1.807) is 4.57 Å². The highest BCUT2D eigenvalue weighted by molar-refractivity contribution is 5.96. The zero-order valence-corrected chi connectivity index (χ0v) is 8.31. The molecule has 3 rings (SSSR count). The number of hydrogen-bond donors (Lipinski definition) is 1. The fourth-order valence-electron chi connectivity index (χ4n) is 2.25. The smallest absolute Gasteiger partial charge is 0.248 e. The molecular weight excluding hydrogens is 188 g/mol. The van der Waals surface area contributed by atoms with Gasteiger partial charge < -0.3 is 5.73 Å². The largest absolute Gasteiger partial charge is 0.320 e. The number of nitrogens with zero attached hydrogens (tertiary/aromatic N) is 1. The van der Waals surface area contributed by atoms with Gasteiger partial charge in [0, 0.05) is 11.1 Å². The lowest BCUT2D eigenvalue weighted by Gasteiger charge is -2.20. The molecule has 0 bridgehead atoms. The first-order valence-corrected chi connectivity index (χ1v) is 5.16. The normalized spacial score (nSPS) is 20.6. The van der Waals surface area contributed by atoms with E-state index in [4.69, 9.17) is 5.73 Å². The maximum Gasteiger partial charge on any atom is 0.248 e. The van der Waals surface area contributed by atoms with Gasteiger partial charge in [0.1, 0.15) is 0 Å². The van der Waals surface area contributed by atoms with Crippen LogP contribution in [-0.2, 0) is 6.42 Å². The Balaban J connectivity index is 2.34. The molecule has 15 heavy (non-hydrogen) atoms. The van der Waals surface area contributed by atoms with Crippen molar-refractivity contribution in [3.63, 3.8) is 0 Å². The molecule has 1 unspecified atom stereocenters. The third kappa shape index (κ3) is 1.13. The number of carbonyl (C=O) groups excluding carboxylic acids is 1. The summed E-state index contributed by atoms with van der Waals surface area (Å²) in [5.74, 6) is 0.0254. The summed E-state index contributed by atoms with van der Waals surface area (Å²) in [6.45, 7) is 0. The van der Waals surface area contributed by atoms with Crippen molar-refractivity contribution in [3.8, 4) is 0 Å². The van der Waals surface area contributed by atoms with Gasteiger partial charge >= 0.3 is 0 Å². The van der Waals surface area contributed by atoms with E-state index in [-0.39, 0.29) is 11.9 Å². The highest BCUT2D eigenvalue weighted by atomic mass is 16.2. The molecule has 0 saturated heterocycles. The lowest BCUT2D eigenvalue weighted by molar-refractivity contribution is 0.0862. The van der Waals surface area contributed by atoms with Crippen LogP contribution in [0.25, 0.3) is 10.9 Å². The molecule has 3 nitrogen and oxygen atoms in total. The molecule has 1 aliphatic rings. The molecule has 0 aliphatic carbocycles. The van der Waals surface area contributed by atoms with E-state index in [1.807, 2.05) is 24.3 Å². The van der Waals surface area contributed by atoms with Crippen molar-refractivity contribution in [3.05, 3.63) is 36.0 Å². The van der Waals surface area contributed by atoms with Crippen molar-refractivity contribution in [2.45, 2.75) is 18.9 Å². The summed E-state index contributed by atoms with van der Waals surface area (Å²) in [7, 11) is 0. The van der Waals surface area contributed by atoms with Gasteiger partial charge in [0.25, 0.3) is 0 Å². The Morgan fingerprint density at radius 3 is 3.00 bits per heavy atom. The van der Waals surface area contributed by atoms with Crippen LogP contribution in [0.15, 0.2) is 30.3 Å². The first-order chi connectivity index (χ1) is 7.27. The predicted molar refractivity (Wildman–Crippen MR) is 58.9 cm³/mol. The molecule has 1 aliphatic heterocycles. The number of nitrogens with two attached hydrogens (primary N) is 1. The predicted octanol–water partition coefficient (Wildman–Crippen LogP) is 1.55. The van der Waals surface area contributed by atoms with Gasteiger partial charge in [0.2, 0.25) is 5.91 Å². The zero-order valence-electron chi connectivity index (χ0n) is 8.31. The van der Waals surface area contributed by atoms with E-state index in [0.29, 0.717) is 0 Å². The van der Waals surface area contributed by atoms with Crippen molar-refractivity contribution >= 4 is 16.8 Å². The van der Waals surface area contributed by atoms with Crippen molar-refractivity contribution in [1.29, 1.82) is 0 Å². The maximum absolute atomic E-state index is 11.9. The van der Waals surface area contributed by atoms with Gasteiger partial charge in [-0.05, 0) is 25.0 Å². The highest BCUT2D eigenvalue weighted by Gasteiger charge is 2.25. The molecule has 0 radical (unpaired) electrons. The lowest BCUT2D eigenvalue weighted by Crippen LogP contribution is -2.39. The molecule has 1 atom stereocenters. The number of para-hydroxylation sites is 1. The highest BCUT2D eigenvalue weighted by Crippen LogP contribution is 2.24. The lowest BCUT2D eigenvalue weighted by atomic mass is 10.1. The van der Waals surface area contributed by atoms with E-state index < -0.39 is 0 Å². The minimum Gasteiger partial charge on any atom is -0.320 e. The summed E-state index contributed by atoms with van der Waals surface area (Å²) < 4.78 is 1.77. The third-order valence-electron chi connectivity index (χ3n) is 3.04. The van der Waals surface area contributed by atoms with Crippen molar-refractivity contribution in [2.75, 3.05) is 0 Å². The third-order valence-corrected chi connectivity index (χ3v) is 3.04. The zero-order chi connectivity index (χ0) is 10.4. The van der Waals surface area contributed by atoms with Crippen LogP contribution < -0.4 is 5.73 Å². The Kier molecular flexibility index (Phi) is 1.70. The average Bonchev–Trinajstić information content (AvgIpc) is 2.62. The molecule has 0 fully saturated rings. The Hall–Kier alpha value is -1.61. The minimum absolute atomic E-state index is 0.0254. The molecular formula is C12H12N2O. The van der Waals surface area contributed by atoms with Crippen molar-refractivity contribution in [2.24, 2.45) is 5.73 Å². The summed E-state index contributed by atoms with van der Waals surface area (Å²) in [4.78, 5) is 11.9. The minimum atomic E-state index is -0.340. The number of carbonyl (C=O) groups is 1. The molecule has 2 heterocycles. The van der Waals surface area contributed by atoms with Gasteiger partial charge in [-0.15, -0.1) is 0 Å². The first kappa shape index (κ1) is 8.68. The fourth-order valence-corrected chi connectivity index (χ4v) is 2.25. The van der Waals surface area contributed by atoms with Gasteiger partial charge in [-0.3, -0.25) is 9.36 Å². The summed E-state index contributed by atoms with van der Waals surface area (Å²) in [6, 6.07) is 9.67. The summed E-state index contributed by atoms with van der Waals surface area (Å²) in [5, 5.41) is 1.12. The molecule has 2 aromatic rings. The number of aryl methyl sites for hydroxylation is 1. The van der Waals surface area contributed by atoms with E-state index in [2.05, 4.69) is 6.07 Å². The summed E-state index contributed by atoms with van der Waals surface area (Å²) >= 11 is 0. The molecule has 0 spiro atoms. The number of benzene rings is 1. The van der Waals surface area contributed by atoms with E-state index in [0.717, 1.165) is 29.4 Å². The summed E-state index contributed by atoms with van der Waals surface area (Å²) in [6.07, 6.45) is 1.65. The SMILES string of the molecule is NC1CCc2cc3ccccc3n2C1=O. The van der Waals surface area contributed by atoms with Crippen LogP contribution in [0.4, 0.5) is 0 Å². The van der Waals surface area contributed by atoms with Gasteiger partial charge in [-0.25, -0.2) is 0 Å². The maximum atomic E-state index is 11.9. The van der Waals surface area contributed by atoms with Crippen LogP contribution in [0.5, 0.6) is 0 Å². The Labute approximate surface area is 87.5 Å². The Morgan fingerprint density at radius 1 is 1.33 bits per heavy atom. The number of fused-ring (bicyclic) bond motifs is 3. The van der Waals surface area contributed by atoms with E-state index >= 15 is 0 Å². The second-order valence-corrected chi connectivity index (χ2v) is 4.01. The van der Waals surface area contributed by atoms with Gasteiger partial charge in [0.05, 0.1) is 11.6 Å². The topological polar surface area (TPSA) is 48.0 Å². The Morgan fingerprint density at radius 2 is 2.13 bits per heavy atom. The molecule has 2 N–H and O–H groups in total. The van der Waals surface area contributed by atoms with Crippen LogP contribution in [0.1, 0.15) is 16.9 Å². The number of rotatable bonds is 0. The van der Waals surface area contributed by atoms with Crippen LogP contribution >= 0.6 is 0 Å². The molecule has 1 aromatic heterocycles. The number of hydrogen-bond acceptors (Lipinski definition) is 2. The van der Waals surface area contributed by atoms with Crippen LogP contribution in [0.3, 0.4) is 0 Å². The van der Waals surface area contributed by atoms with Gasteiger partial charge in [-0.1, -0.05) is 18.2 Å². The standard InChI is InChI=1S/C12H12N2O/c13-10-6-5-9-7-8-3-1-2-4-11(8)14(9)12(10)15/h1-4,7,10H,5-6,13H2. The van der Waals surface area contributed by atoms with Crippen LogP contribution in [0, 0.1) is 0 Å². The number of aromatic nitrogens is 1. The Bertz CT molecular complexity index is 542.